The summed E-state index contributed by atoms with van der Waals surface area (Å²) in [4.78, 5) is 11.8. The van der Waals surface area contributed by atoms with E-state index in [9.17, 15) is 4.79 Å². The van der Waals surface area contributed by atoms with Crippen molar-refractivity contribution in [2.45, 2.75) is 38.9 Å². The van der Waals surface area contributed by atoms with E-state index < -0.39 is 0 Å². The molecule has 1 N–H and O–H groups in total. The van der Waals surface area contributed by atoms with Crippen LogP contribution in [0.4, 0.5) is 0 Å². The van der Waals surface area contributed by atoms with Crippen LogP contribution in [-0.2, 0) is 13.1 Å². The SMILES string of the molecule is CCn1ccn(CC(NC)C2CC2)c1=O. The topological polar surface area (TPSA) is 39.0 Å². The van der Waals surface area contributed by atoms with Gasteiger partial charge in [-0.2, -0.15) is 0 Å². The van der Waals surface area contributed by atoms with Gasteiger partial charge in [-0.3, -0.25) is 9.13 Å². The average molecular weight is 209 g/mol. The lowest BCUT2D eigenvalue weighted by atomic mass is 10.2. The second kappa shape index (κ2) is 4.23. The molecule has 1 heterocycles. The number of aryl methyl sites for hydroxylation is 1. The summed E-state index contributed by atoms with van der Waals surface area (Å²) in [5.41, 5.74) is 0.110. The Morgan fingerprint density at radius 3 is 2.60 bits per heavy atom. The van der Waals surface area contributed by atoms with Crippen molar-refractivity contribution in [2.75, 3.05) is 7.05 Å². The Morgan fingerprint density at radius 2 is 2.13 bits per heavy atom. The lowest BCUT2D eigenvalue weighted by molar-refractivity contribution is 0.426. The number of rotatable bonds is 5. The van der Waals surface area contributed by atoms with Crippen LogP contribution in [0.2, 0.25) is 0 Å². The molecule has 4 heteroatoms. The molecule has 4 nitrogen and oxygen atoms in total. The molecular formula is C11H19N3O. The van der Waals surface area contributed by atoms with Crippen molar-refractivity contribution in [1.82, 2.24) is 14.5 Å². The molecule has 1 atom stereocenters. The fourth-order valence-electron chi connectivity index (χ4n) is 2.02. The van der Waals surface area contributed by atoms with Gasteiger partial charge >= 0.3 is 5.69 Å². The maximum Gasteiger partial charge on any atom is 0.328 e. The van der Waals surface area contributed by atoms with Gasteiger partial charge in [-0.15, -0.1) is 0 Å². The number of likely N-dealkylation sites (N-methyl/N-ethyl adjacent to an activating group) is 1. The third-order valence-electron chi connectivity index (χ3n) is 3.21. The fraction of sp³-hybridized carbons (Fsp3) is 0.727. The minimum absolute atomic E-state index is 0.110. The number of aromatic nitrogens is 2. The summed E-state index contributed by atoms with van der Waals surface area (Å²) in [7, 11) is 1.98. The summed E-state index contributed by atoms with van der Waals surface area (Å²) in [5.74, 6) is 0.770. The Hall–Kier alpha value is -1.03. The maximum absolute atomic E-state index is 11.8. The lowest BCUT2D eigenvalue weighted by Crippen LogP contribution is -2.36. The number of hydrogen-bond donors (Lipinski definition) is 1. The molecule has 0 spiro atoms. The molecule has 2 rings (SSSR count). The van der Waals surface area contributed by atoms with Gasteiger partial charge in [-0.1, -0.05) is 0 Å². The Kier molecular flexibility index (Phi) is 2.95. The van der Waals surface area contributed by atoms with Gasteiger partial charge in [0, 0.05) is 31.5 Å². The highest BCUT2D eigenvalue weighted by molar-refractivity contribution is 4.89. The third kappa shape index (κ3) is 2.15. The zero-order valence-corrected chi connectivity index (χ0v) is 9.44. The van der Waals surface area contributed by atoms with Crippen LogP contribution in [0.15, 0.2) is 17.2 Å². The average Bonchev–Trinajstić information content (AvgIpc) is 3.02. The molecule has 1 unspecified atom stereocenters. The minimum Gasteiger partial charge on any atom is -0.315 e. The molecule has 0 radical (unpaired) electrons. The first kappa shape index (κ1) is 10.5. The van der Waals surface area contributed by atoms with Gasteiger partial charge in [0.15, 0.2) is 0 Å². The normalized spacial score (nSPS) is 18.0. The van der Waals surface area contributed by atoms with Crippen molar-refractivity contribution in [2.24, 2.45) is 5.92 Å². The van der Waals surface area contributed by atoms with Crippen LogP contribution >= 0.6 is 0 Å². The van der Waals surface area contributed by atoms with Crippen LogP contribution in [0.5, 0.6) is 0 Å². The second-order valence-electron chi connectivity index (χ2n) is 4.25. The monoisotopic (exact) mass is 209 g/mol. The highest BCUT2D eigenvalue weighted by atomic mass is 16.1. The first-order chi connectivity index (χ1) is 7.26. The predicted molar refractivity (Wildman–Crippen MR) is 59.9 cm³/mol. The van der Waals surface area contributed by atoms with Crippen LogP contribution < -0.4 is 11.0 Å². The summed E-state index contributed by atoms with van der Waals surface area (Å²) in [6, 6.07) is 0.454. The number of hydrogen-bond acceptors (Lipinski definition) is 2. The molecule has 1 saturated carbocycles. The zero-order chi connectivity index (χ0) is 10.8. The van der Waals surface area contributed by atoms with Crippen LogP contribution in [0.25, 0.3) is 0 Å². The molecule has 15 heavy (non-hydrogen) atoms. The maximum atomic E-state index is 11.8. The number of imidazole rings is 1. The molecule has 1 aliphatic carbocycles. The molecule has 1 fully saturated rings. The van der Waals surface area contributed by atoms with Crippen molar-refractivity contribution in [1.29, 1.82) is 0 Å². The standard InChI is InChI=1S/C11H19N3O/c1-3-13-6-7-14(11(13)15)8-10(12-2)9-4-5-9/h6-7,9-10,12H,3-5,8H2,1-2H3. The second-order valence-corrected chi connectivity index (χ2v) is 4.25. The van der Waals surface area contributed by atoms with Gasteiger partial charge in [0.2, 0.25) is 0 Å². The van der Waals surface area contributed by atoms with Gasteiger partial charge in [-0.05, 0) is 32.7 Å². The predicted octanol–water partition coefficient (Wildman–Crippen LogP) is 0.668. The lowest BCUT2D eigenvalue weighted by Gasteiger charge is -2.14. The van der Waals surface area contributed by atoms with Gasteiger partial charge in [0.05, 0.1) is 0 Å². The summed E-state index contributed by atoms with van der Waals surface area (Å²) >= 11 is 0. The largest absolute Gasteiger partial charge is 0.328 e. The quantitative estimate of drug-likeness (QED) is 0.774. The van der Waals surface area contributed by atoms with E-state index in [1.165, 1.54) is 12.8 Å². The molecule has 1 aromatic heterocycles. The Labute approximate surface area is 89.9 Å². The van der Waals surface area contributed by atoms with Gasteiger partial charge in [0.25, 0.3) is 0 Å². The molecule has 0 saturated heterocycles. The fourth-order valence-corrected chi connectivity index (χ4v) is 2.02. The molecule has 1 aromatic rings. The van der Waals surface area contributed by atoms with E-state index in [1.807, 2.05) is 30.9 Å². The highest BCUT2D eigenvalue weighted by Crippen LogP contribution is 2.32. The van der Waals surface area contributed by atoms with Crippen LogP contribution in [0.1, 0.15) is 19.8 Å². The van der Waals surface area contributed by atoms with E-state index >= 15 is 0 Å². The van der Waals surface area contributed by atoms with Crippen LogP contribution in [0, 0.1) is 5.92 Å². The van der Waals surface area contributed by atoms with Gasteiger partial charge < -0.3 is 5.32 Å². The number of nitrogens with zero attached hydrogens (tertiary/aromatic N) is 2. The van der Waals surface area contributed by atoms with Gasteiger partial charge in [-0.25, -0.2) is 4.79 Å². The zero-order valence-electron chi connectivity index (χ0n) is 9.44. The molecule has 0 aliphatic heterocycles. The first-order valence-electron chi connectivity index (χ1n) is 5.69. The Bertz CT molecular complexity index is 375. The van der Waals surface area contributed by atoms with Crippen molar-refractivity contribution >= 4 is 0 Å². The highest BCUT2D eigenvalue weighted by Gasteiger charge is 2.30. The summed E-state index contributed by atoms with van der Waals surface area (Å²) in [6.45, 7) is 3.54. The van der Waals surface area contributed by atoms with Crippen molar-refractivity contribution in [3.63, 3.8) is 0 Å². The molecule has 0 amide bonds. The van der Waals surface area contributed by atoms with E-state index in [0.29, 0.717) is 6.04 Å². The summed E-state index contributed by atoms with van der Waals surface area (Å²) in [6.07, 6.45) is 6.35. The number of nitrogens with one attached hydrogen (secondary N) is 1. The van der Waals surface area contributed by atoms with Crippen LogP contribution in [0.3, 0.4) is 0 Å². The van der Waals surface area contributed by atoms with E-state index in [2.05, 4.69) is 5.32 Å². The van der Waals surface area contributed by atoms with Gasteiger partial charge in [0.1, 0.15) is 0 Å². The van der Waals surface area contributed by atoms with Crippen LogP contribution in [-0.4, -0.2) is 22.2 Å². The molecule has 0 bridgehead atoms. The third-order valence-corrected chi connectivity index (χ3v) is 3.21. The van der Waals surface area contributed by atoms with E-state index in [4.69, 9.17) is 0 Å². The smallest absolute Gasteiger partial charge is 0.315 e. The van der Waals surface area contributed by atoms with Crippen molar-refractivity contribution in [3.8, 4) is 0 Å². The van der Waals surface area contributed by atoms with Crippen molar-refractivity contribution in [3.05, 3.63) is 22.9 Å². The summed E-state index contributed by atoms with van der Waals surface area (Å²) in [5, 5.41) is 3.30. The molecule has 84 valence electrons. The minimum atomic E-state index is 0.110. The first-order valence-corrected chi connectivity index (χ1v) is 5.69. The molecule has 1 aliphatic rings. The van der Waals surface area contributed by atoms with Crippen molar-refractivity contribution < 1.29 is 0 Å². The van der Waals surface area contributed by atoms with E-state index in [1.54, 1.807) is 4.57 Å². The molecule has 0 aromatic carbocycles. The molecular weight excluding hydrogens is 190 g/mol. The summed E-state index contributed by atoms with van der Waals surface area (Å²) < 4.78 is 3.54. The Morgan fingerprint density at radius 1 is 1.47 bits per heavy atom. The Balaban J connectivity index is 2.08. The van der Waals surface area contributed by atoms with E-state index in [-0.39, 0.29) is 5.69 Å². The van der Waals surface area contributed by atoms with E-state index in [0.717, 1.165) is 19.0 Å².